The number of benzene rings is 1. The zero-order valence-corrected chi connectivity index (χ0v) is 9.41. The SMILES string of the molecule is NCc1cccc(-c2cnccc2C(F)(F)F)c1. The van der Waals surface area contributed by atoms with Gasteiger partial charge in [0.05, 0.1) is 5.56 Å². The number of aromatic nitrogens is 1. The van der Waals surface area contributed by atoms with Crippen molar-refractivity contribution in [2.24, 2.45) is 5.73 Å². The molecule has 0 aliphatic carbocycles. The van der Waals surface area contributed by atoms with Crippen molar-refractivity contribution in [1.29, 1.82) is 0 Å². The summed E-state index contributed by atoms with van der Waals surface area (Å²) < 4.78 is 38.6. The number of hydrogen-bond donors (Lipinski definition) is 1. The number of pyridine rings is 1. The van der Waals surface area contributed by atoms with Crippen LogP contribution in [0.4, 0.5) is 13.2 Å². The number of nitrogens with two attached hydrogens (primary N) is 1. The molecule has 0 aliphatic rings. The second kappa shape index (κ2) is 4.78. The topological polar surface area (TPSA) is 38.9 Å². The fraction of sp³-hybridized carbons (Fsp3) is 0.154. The van der Waals surface area contributed by atoms with Gasteiger partial charge in [-0.3, -0.25) is 4.98 Å². The van der Waals surface area contributed by atoms with Crippen molar-refractivity contribution in [3.05, 3.63) is 53.9 Å². The molecule has 0 aliphatic heterocycles. The highest BCUT2D eigenvalue weighted by atomic mass is 19.4. The fourth-order valence-corrected chi connectivity index (χ4v) is 1.74. The molecule has 0 atom stereocenters. The maximum Gasteiger partial charge on any atom is 0.417 e. The normalized spacial score (nSPS) is 11.6. The van der Waals surface area contributed by atoms with Crippen molar-refractivity contribution in [1.82, 2.24) is 4.98 Å². The number of hydrogen-bond acceptors (Lipinski definition) is 2. The molecule has 94 valence electrons. The minimum Gasteiger partial charge on any atom is -0.326 e. The van der Waals surface area contributed by atoms with Crippen LogP contribution in [0.1, 0.15) is 11.1 Å². The second-order valence-electron chi connectivity index (χ2n) is 3.82. The smallest absolute Gasteiger partial charge is 0.326 e. The van der Waals surface area contributed by atoms with Crippen molar-refractivity contribution in [3.63, 3.8) is 0 Å². The highest BCUT2D eigenvalue weighted by molar-refractivity contribution is 5.67. The van der Waals surface area contributed by atoms with Gasteiger partial charge in [0.1, 0.15) is 0 Å². The summed E-state index contributed by atoms with van der Waals surface area (Å²) in [5.74, 6) is 0. The highest BCUT2D eigenvalue weighted by Gasteiger charge is 2.33. The number of nitrogens with zero attached hydrogens (tertiary/aromatic N) is 1. The molecule has 2 aromatic rings. The summed E-state index contributed by atoms with van der Waals surface area (Å²) in [7, 11) is 0. The lowest BCUT2D eigenvalue weighted by molar-refractivity contribution is -0.137. The molecule has 0 spiro atoms. The van der Waals surface area contributed by atoms with Gasteiger partial charge in [-0.05, 0) is 23.3 Å². The third-order valence-electron chi connectivity index (χ3n) is 2.60. The van der Waals surface area contributed by atoms with Crippen LogP contribution in [-0.2, 0) is 12.7 Å². The van der Waals surface area contributed by atoms with Gasteiger partial charge in [-0.2, -0.15) is 13.2 Å². The number of alkyl halides is 3. The molecule has 0 amide bonds. The van der Waals surface area contributed by atoms with Gasteiger partial charge in [-0.1, -0.05) is 18.2 Å². The molecule has 2 rings (SSSR count). The average Bonchev–Trinajstić information content (AvgIpc) is 2.38. The Morgan fingerprint density at radius 2 is 1.94 bits per heavy atom. The van der Waals surface area contributed by atoms with Crippen molar-refractivity contribution in [2.75, 3.05) is 0 Å². The molecule has 0 bridgehead atoms. The second-order valence-corrected chi connectivity index (χ2v) is 3.82. The van der Waals surface area contributed by atoms with Gasteiger partial charge in [0.25, 0.3) is 0 Å². The molecule has 0 radical (unpaired) electrons. The predicted octanol–water partition coefficient (Wildman–Crippen LogP) is 3.23. The highest BCUT2D eigenvalue weighted by Crippen LogP contribution is 2.36. The first-order valence-corrected chi connectivity index (χ1v) is 5.33. The minimum absolute atomic E-state index is 0.0697. The van der Waals surface area contributed by atoms with Crippen LogP contribution in [0.3, 0.4) is 0 Å². The largest absolute Gasteiger partial charge is 0.417 e. The number of rotatable bonds is 2. The van der Waals surface area contributed by atoms with Gasteiger partial charge in [0, 0.05) is 24.5 Å². The average molecular weight is 252 g/mol. The molecule has 18 heavy (non-hydrogen) atoms. The molecular weight excluding hydrogens is 241 g/mol. The van der Waals surface area contributed by atoms with Crippen LogP contribution < -0.4 is 5.73 Å². The summed E-state index contributed by atoms with van der Waals surface area (Å²) in [5, 5.41) is 0. The van der Waals surface area contributed by atoms with E-state index in [1.165, 1.54) is 6.20 Å². The van der Waals surface area contributed by atoms with Gasteiger partial charge in [0.2, 0.25) is 0 Å². The van der Waals surface area contributed by atoms with E-state index < -0.39 is 11.7 Å². The zero-order valence-electron chi connectivity index (χ0n) is 9.41. The monoisotopic (exact) mass is 252 g/mol. The Morgan fingerprint density at radius 3 is 2.61 bits per heavy atom. The first kappa shape index (κ1) is 12.6. The van der Waals surface area contributed by atoms with E-state index in [0.717, 1.165) is 17.8 Å². The van der Waals surface area contributed by atoms with E-state index in [2.05, 4.69) is 4.98 Å². The van der Waals surface area contributed by atoms with Crippen molar-refractivity contribution < 1.29 is 13.2 Å². The predicted molar refractivity (Wildman–Crippen MR) is 62.6 cm³/mol. The van der Waals surface area contributed by atoms with Crippen LogP contribution in [0, 0.1) is 0 Å². The Morgan fingerprint density at radius 1 is 1.17 bits per heavy atom. The third-order valence-corrected chi connectivity index (χ3v) is 2.60. The van der Waals surface area contributed by atoms with E-state index in [1.54, 1.807) is 24.3 Å². The van der Waals surface area contributed by atoms with E-state index in [-0.39, 0.29) is 12.1 Å². The molecule has 0 fully saturated rings. The Balaban J connectivity index is 2.57. The van der Waals surface area contributed by atoms with E-state index >= 15 is 0 Å². The van der Waals surface area contributed by atoms with E-state index in [0.29, 0.717) is 5.56 Å². The molecule has 2 N–H and O–H groups in total. The van der Waals surface area contributed by atoms with Crippen LogP contribution in [0.25, 0.3) is 11.1 Å². The molecular formula is C13H11F3N2. The summed E-state index contributed by atoms with van der Waals surface area (Å²) >= 11 is 0. The fourth-order valence-electron chi connectivity index (χ4n) is 1.74. The standard InChI is InChI=1S/C13H11F3N2/c14-13(15,16)12-4-5-18-8-11(12)10-3-1-2-9(6-10)7-17/h1-6,8H,7,17H2. The maximum absolute atomic E-state index is 12.9. The molecule has 0 unspecified atom stereocenters. The van der Waals surface area contributed by atoms with Gasteiger partial charge in [0.15, 0.2) is 0 Å². The summed E-state index contributed by atoms with van der Waals surface area (Å²) in [6.45, 7) is 0.287. The Labute approximate surface area is 102 Å². The van der Waals surface area contributed by atoms with Gasteiger partial charge >= 0.3 is 6.18 Å². The van der Waals surface area contributed by atoms with Crippen molar-refractivity contribution in [2.45, 2.75) is 12.7 Å². The van der Waals surface area contributed by atoms with E-state index in [4.69, 9.17) is 5.73 Å². The molecule has 2 nitrogen and oxygen atoms in total. The van der Waals surface area contributed by atoms with Crippen LogP contribution in [-0.4, -0.2) is 4.98 Å². The van der Waals surface area contributed by atoms with Crippen LogP contribution in [0.15, 0.2) is 42.7 Å². The van der Waals surface area contributed by atoms with Crippen LogP contribution in [0.2, 0.25) is 0 Å². The lowest BCUT2D eigenvalue weighted by Crippen LogP contribution is -2.07. The van der Waals surface area contributed by atoms with Gasteiger partial charge in [-0.15, -0.1) is 0 Å². The molecule has 0 saturated heterocycles. The minimum atomic E-state index is -4.39. The lowest BCUT2D eigenvalue weighted by Gasteiger charge is -2.12. The third kappa shape index (κ3) is 2.51. The first-order valence-electron chi connectivity index (χ1n) is 5.33. The van der Waals surface area contributed by atoms with Crippen molar-refractivity contribution in [3.8, 4) is 11.1 Å². The molecule has 0 saturated carbocycles. The van der Waals surface area contributed by atoms with Gasteiger partial charge in [-0.25, -0.2) is 0 Å². The van der Waals surface area contributed by atoms with E-state index in [9.17, 15) is 13.2 Å². The van der Waals surface area contributed by atoms with Crippen LogP contribution in [0.5, 0.6) is 0 Å². The summed E-state index contributed by atoms with van der Waals surface area (Å²) in [4.78, 5) is 3.76. The Bertz CT molecular complexity index is 550. The molecule has 1 aromatic heterocycles. The Kier molecular flexibility index (Phi) is 3.34. The maximum atomic E-state index is 12.9. The summed E-state index contributed by atoms with van der Waals surface area (Å²) in [6.07, 6.45) is -2.03. The van der Waals surface area contributed by atoms with E-state index in [1.807, 2.05) is 0 Å². The number of halogens is 3. The Hall–Kier alpha value is -1.88. The quantitative estimate of drug-likeness (QED) is 0.891. The molecule has 1 aromatic carbocycles. The van der Waals surface area contributed by atoms with Gasteiger partial charge < -0.3 is 5.73 Å². The molecule has 1 heterocycles. The van der Waals surface area contributed by atoms with Crippen LogP contribution >= 0.6 is 0 Å². The van der Waals surface area contributed by atoms with Crippen molar-refractivity contribution >= 4 is 0 Å². The summed E-state index contributed by atoms with van der Waals surface area (Å²) in [5.41, 5.74) is 6.12. The molecule has 5 heteroatoms. The first-order chi connectivity index (χ1) is 8.52. The zero-order chi connectivity index (χ0) is 13.2. The summed E-state index contributed by atoms with van der Waals surface area (Å²) in [6, 6.07) is 7.69. The lowest BCUT2D eigenvalue weighted by atomic mass is 10.00.